The second kappa shape index (κ2) is 14.2. The summed E-state index contributed by atoms with van der Waals surface area (Å²) in [5.41, 5.74) is 26.7. The van der Waals surface area contributed by atoms with Gasteiger partial charge in [-0.3, -0.25) is 0 Å². The van der Waals surface area contributed by atoms with Crippen LogP contribution in [-0.2, 0) is 48.7 Å². The molecule has 2 aliphatic heterocycles. The largest absolute Gasteiger partial charge is 0.468 e. The molecule has 374 valence electrons. The van der Waals surface area contributed by atoms with E-state index >= 15 is 0 Å². The highest BCUT2D eigenvalue weighted by Crippen LogP contribution is 2.60. The Hall–Kier alpha value is -4.70. The second-order valence-corrected chi connectivity index (χ2v) is 30.3. The molecular weight excluding hydrogens is 872 g/mol. The number of hydrogen-bond acceptors (Lipinski definition) is 3. The molecule has 0 atom stereocenters. The van der Waals surface area contributed by atoms with Gasteiger partial charge < -0.3 is 14.2 Å². The molecule has 6 aliphatic carbocycles. The van der Waals surface area contributed by atoms with Crippen LogP contribution in [0.5, 0.6) is 0 Å². The van der Waals surface area contributed by atoms with Crippen molar-refractivity contribution in [2.75, 3.05) is 9.80 Å². The number of rotatable bonds is 2. The van der Waals surface area contributed by atoms with Crippen molar-refractivity contribution >= 4 is 68.4 Å². The van der Waals surface area contributed by atoms with E-state index in [1.807, 2.05) is 0 Å². The zero-order chi connectivity index (χ0) is 51.0. The highest BCUT2D eigenvalue weighted by atomic mass is 16.3. The molecule has 8 aliphatic rings. The van der Waals surface area contributed by atoms with Gasteiger partial charge in [0.05, 0.1) is 11.3 Å². The van der Waals surface area contributed by atoms with E-state index in [0.29, 0.717) is 0 Å². The van der Waals surface area contributed by atoms with Crippen molar-refractivity contribution in [1.29, 1.82) is 0 Å². The van der Waals surface area contributed by atoms with Crippen molar-refractivity contribution in [3.05, 3.63) is 123 Å². The van der Waals surface area contributed by atoms with Gasteiger partial charge in [0.15, 0.2) is 0 Å². The van der Waals surface area contributed by atoms with Crippen molar-refractivity contribution in [2.24, 2.45) is 0 Å². The number of furan rings is 1. The molecule has 1 fully saturated rings. The van der Waals surface area contributed by atoms with E-state index in [2.05, 4.69) is 200 Å². The molecule has 0 spiro atoms. The minimum atomic E-state index is -0.120. The summed E-state index contributed by atoms with van der Waals surface area (Å²) in [5, 5.41) is 1.27. The van der Waals surface area contributed by atoms with Gasteiger partial charge in [-0.25, -0.2) is 0 Å². The summed E-state index contributed by atoms with van der Waals surface area (Å²) in [5.74, 6) is 0. The smallest absolute Gasteiger partial charge is 0.297 e. The predicted octanol–water partition coefficient (Wildman–Crippen LogP) is 17.0. The fourth-order valence-corrected chi connectivity index (χ4v) is 15.9. The first-order valence-electron chi connectivity index (χ1n) is 28.3. The van der Waals surface area contributed by atoms with Gasteiger partial charge in [-0.2, -0.15) is 0 Å². The Morgan fingerprint density at radius 2 is 0.833 bits per heavy atom. The highest BCUT2D eigenvalue weighted by Gasteiger charge is 2.53. The molecule has 2 bridgehead atoms. The monoisotopic (exact) mass is 955 g/mol. The third-order valence-corrected chi connectivity index (χ3v) is 21.6. The van der Waals surface area contributed by atoms with Crippen LogP contribution in [0.2, 0.25) is 0 Å². The van der Waals surface area contributed by atoms with Crippen LogP contribution in [0.15, 0.2) is 77.2 Å². The first-order chi connectivity index (χ1) is 33.4. The van der Waals surface area contributed by atoms with E-state index in [9.17, 15) is 0 Å². The van der Waals surface area contributed by atoms with Crippen LogP contribution in [0, 0.1) is 0 Å². The topological polar surface area (TPSA) is 19.6 Å². The van der Waals surface area contributed by atoms with Crippen molar-refractivity contribution in [3.63, 3.8) is 0 Å². The van der Waals surface area contributed by atoms with Gasteiger partial charge >= 0.3 is 0 Å². The van der Waals surface area contributed by atoms with Crippen molar-refractivity contribution in [2.45, 2.75) is 231 Å². The molecule has 0 amide bonds. The van der Waals surface area contributed by atoms with Gasteiger partial charge in [0.25, 0.3) is 6.71 Å². The quantitative estimate of drug-likeness (QED) is 0.161. The van der Waals surface area contributed by atoms with E-state index < -0.39 is 0 Å². The van der Waals surface area contributed by atoms with Crippen LogP contribution in [0.3, 0.4) is 0 Å². The zero-order valence-electron chi connectivity index (χ0n) is 47.4. The number of benzene rings is 5. The number of hydrogen-bond donors (Lipinski definition) is 0. The van der Waals surface area contributed by atoms with E-state index in [1.54, 1.807) is 5.56 Å². The summed E-state index contributed by atoms with van der Waals surface area (Å²) in [6.07, 6.45) is 12.1. The van der Waals surface area contributed by atoms with E-state index in [4.69, 9.17) is 4.42 Å². The van der Waals surface area contributed by atoms with Crippen molar-refractivity contribution < 1.29 is 4.42 Å². The zero-order valence-corrected chi connectivity index (χ0v) is 47.4. The fraction of sp³-hybridized carbons (Fsp3) is 0.529. The van der Waals surface area contributed by atoms with Crippen LogP contribution in [0.1, 0.15) is 232 Å². The van der Waals surface area contributed by atoms with E-state index in [1.165, 1.54) is 159 Å². The molecule has 3 heterocycles. The Morgan fingerprint density at radius 1 is 0.417 bits per heavy atom. The molecule has 14 rings (SSSR count). The maximum atomic E-state index is 7.83. The lowest BCUT2D eigenvalue weighted by molar-refractivity contribution is 0.188. The third-order valence-electron chi connectivity index (χ3n) is 21.6. The van der Waals surface area contributed by atoms with Gasteiger partial charge in [-0.15, -0.1) is 0 Å². The molecule has 6 aromatic rings. The van der Waals surface area contributed by atoms with Crippen LogP contribution in [-0.4, -0.2) is 6.71 Å². The predicted molar refractivity (Wildman–Crippen MR) is 308 cm³/mol. The van der Waals surface area contributed by atoms with Crippen LogP contribution >= 0.6 is 0 Å². The Bertz CT molecular complexity index is 3350. The minimum absolute atomic E-state index is 0.0374. The average Bonchev–Trinajstić information content (AvgIpc) is 3.68. The summed E-state index contributed by atoms with van der Waals surface area (Å²) < 4.78 is 7.83. The first kappa shape index (κ1) is 47.0. The molecular formula is C68H83BN2O. The summed E-state index contributed by atoms with van der Waals surface area (Å²) in [7, 11) is 0. The number of anilines is 6. The Morgan fingerprint density at radius 3 is 1.32 bits per heavy atom. The number of nitrogens with zero attached hydrogens (tertiary/aromatic N) is 2. The Labute approximate surface area is 434 Å². The molecule has 0 unspecified atom stereocenters. The Balaban J connectivity index is 1.18. The molecule has 0 radical (unpaired) electrons. The molecule has 5 aromatic carbocycles. The summed E-state index contributed by atoms with van der Waals surface area (Å²) in [4.78, 5) is 5.45. The van der Waals surface area contributed by atoms with Crippen LogP contribution in [0.25, 0.3) is 11.0 Å². The molecule has 4 heteroatoms. The maximum absolute atomic E-state index is 7.83. The van der Waals surface area contributed by atoms with Gasteiger partial charge in [-0.1, -0.05) is 136 Å². The first-order valence-corrected chi connectivity index (χ1v) is 28.3. The molecule has 0 N–H and O–H groups in total. The van der Waals surface area contributed by atoms with E-state index in [0.717, 1.165) is 11.2 Å². The third kappa shape index (κ3) is 6.34. The molecule has 0 saturated heterocycles. The lowest BCUT2D eigenvalue weighted by Gasteiger charge is -2.52. The molecule has 1 aromatic heterocycles. The molecule has 72 heavy (non-hydrogen) atoms. The van der Waals surface area contributed by atoms with Crippen LogP contribution < -0.4 is 26.4 Å². The summed E-state index contributed by atoms with van der Waals surface area (Å²) >= 11 is 0. The average molecular weight is 955 g/mol. The Kier molecular flexibility index (Phi) is 9.25. The molecule has 1 saturated carbocycles. The van der Waals surface area contributed by atoms with Gasteiger partial charge in [0.1, 0.15) is 5.58 Å². The van der Waals surface area contributed by atoms with E-state index in [-0.39, 0.29) is 55.4 Å². The van der Waals surface area contributed by atoms with Crippen LogP contribution in [0.4, 0.5) is 34.1 Å². The molecule has 3 nitrogen and oxygen atoms in total. The summed E-state index contributed by atoms with van der Waals surface area (Å²) in [6.45, 7) is 42.1. The van der Waals surface area contributed by atoms with Gasteiger partial charge in [-0.05, 0) is 229 Å². The van der Waals surface area contributed by atoms with Crippen molar-refractivity contribution in [1.82, 2.24) is 0 Å². The SMILES string of the molecule is CC(C)(C)c1cc2c3c(c1)N(c1ccc4c(c1)C(C)(C)CCC4(C)C)c1c(oc4cc5c(cc14)C1(C)CCC5(C)CC1)B3c1cc3c(cc1N2c1ccc2c(c1)C(C)(C)CCC2(C)C)C(C)(C)CCC3(C)C. The second-order valence-electron chi connectivity index (χ2n) is 30.3. The number of fused-ring (bicyclic) bond motifs is 11. The minimum Gasteiger partial charge on any atom is -0.468 e. The standard InChI is InChI=1S/C68H83BN2O/c1-60(2,3)40-32-54-57-55(33-40)71(42-19-21-45-47(35-42)64(10,11)25-23-62(45,6)7)58-43-36-50-51(68(17)30-28-67(50,16)29-31-68)39-56(43)72-59(58)69(57)52-37-48-49(66(14,15)27-26-65(48,12)13)38-53(52)70(54)41-18-20-44-46(34-41)63(8,9)24-22-61(44,4)5/h18-21,32-39H,22-31H2,1-17H3. The van der Waals surface area contributed by atoms with Crippen molar-refractivity contribution in [3.8, 4) is 0 Å². The fourth-order valence-electron chi connectivity index (χ4n) is 15.9. The summed E-state index contributed by atoms with van der Waals surface area (Å²) in [6, 6.07) is 31.0. The maximum Gasteiger partial charge on any atom is 0.297 e. The lowest BCUT2D eigenvalue weighted by atomic mass is 9.35. The van der Waals surface area contributed by atoms with Gasteiger partial charge in [0.2, 0.25) is 0 Å². The normalized spacial score (nSPS) is 26.0. The highest BCUT2D eigenvalue weighted by molar-refractivity contribution is 7.00. The van der Waals surface area contributed by atoms with Gasteiger partial charge in [0, 0.05) is 33.8 Å². The lowest BCUT2D eigenvalue weighted by Crippen LogP contribution is -2.61.